The zero-order valence-electron chi connectivity index (χ0n) is 11.8. The van der Waals surface area contributed by atoms with Gasteiger partial charge in [-0.25, -0.2) is 13.1 Å². The van der Waals surface area contributed by atoms with Crippen LogP contribution in [-0.2, 0) is 10.0 Å². The number of aliphatic hydroxyl groups is 1. The van der Waals surface area contributed by atoms with Gasteiger partial charge < -0.3 is 10.8 Å². The number of aliphatic hydroxyl groups excluding tert-OH is 1. The quantitative estimate of drug-likeness (QED) is 0.686. The molecule has 0 aliphatic heterocycles. The zero-order valence-corrected chi connectivity index (χ0v) is 14.2. The highest BCUT2D eigenvalue weighted by molar-refractivity contribution is 9.10. The lowest BCUT2D eigenvalue weighted by molar-refractivity contribution is 0.136. The first-order valence-corrected chi connectivity index (χ1v) is 9.37. The molecule has 0 amide bonds. The molecular weight excluding hydrogens is 356 g/mol. The van der Waals surface area contributed by atoms with Crippen LogP contribution in [-0.4, -0.2) is 26.7 Å². The highest BCUT2D eigenvalue weighted by Gasteiger charge is 2.26. The summed E-state index contributed by atoms with van der Waals surface area (Å²) in [5.74, 6) is 0.391. The molecule has 0 saturated heterocycles. The summed E-state index contributed by atoms with van der Waals surface area (Å²) in [5.41, 5.74) is 6.12. The normalized spacial score (nSPS) is 23.1. The Hall–Kier alpha value is -0.630. The number of nitrogens with one attached hydrogen (secondary N) is 1. The number of nitrogen functional groups attached to an aromatic ring is 1. The van der Waals surface area contributed by atoms with Gasteiger partial charge in [0, 0.05) is 23.3 Å². The first kappa shape index (κ1) is 16.7. The number of nitrogens with two attached hydrogens (primary N) is 1. The fourth-order valence-electron chi connectivity index (χ4n) is 2.78. The molecule has 7 heteroatoms. The van der Waals surface area contributed by atoms with Crippen LogP contribution in [0.15, 0.2) is 27.6 Å². The van der Waals surface area contributed by atoms with Crippen LogP contribution in [0.1, 0.15) is 25.7 Å². The summed E-state index contributed by atoms with van der Waals surface area (Å²) < 4.78 is 27.9. The number of sulfonamides is 1. The molecule has 0 radical (unpaired) electrons. The van der Waals surface area contributed by atoms with Gasteiger partial charge in [-0.05, 0) is 58.8 Å². The molecule has 2 atom stereocenters. The van der Waals surface area contributed by atoms with Gasteiger partial charge in [0.2, 0.25) is 10.0 Å². The summed E-state index contributed by atoms with van der Waals surface area (Å²) in [6.45, 7) is 0.487. The average Bonchev–Trinajstić information content (AvgIpc) is 2.48. The van der Waals surface area contributed by atoms with Crippen molar-refractivity contribution in [2.75, 3.05) is 18.9 Å². The van der Waals surface area contributed by atoms with Gasteiger partial charge in [0.05, 0.1) is 4.90 Å². The Labute approximate surface area is 134 Å². The summed E-state index contributed by atoms with van der Waals surface area (Å²) >= 11 is 3.25. The van der Waals surface area contributed by atoms with Crippen LogP contribution < -0.4 is 10.5 Å². The van der Waals surface area contributed by atoms with Crippen molar-refractivity contribution in [2.45, 2.75) is 30.6 Å². The number of halogens is 1. The summed E-state index contributed by atoms with van der Waals surface area (Å²) in [7, 11) is -3.56. The van der Waals surface area contributed by atoms with Gasteiger partial charge in [-0.2, -0.15) is 0 Å². The Balaban J connectivity index is 2.05. The molecule has 1 aliphatic carbocycles. The van der Waals surface area contributed by atoms with E-state index in [9.17, 15) is 13.5 Å². The molecule has 1 aliphatic rings. The van der Waals surface area contributed by atoms with Crippen LogP contribution in [0.2, 0.25) is 0 Å². The molecule has 0 aromatic heterocycles. The molecular formula is C14H21BrN2O3S. The van der Waals surface area contributed by atoms with Crippen LogP contribution in [0, 0.1) is 11.8 Å². The van der Waals surface area contributed by atoms with Gasteiger partial charge in [-0.3, -0.25) is 0 Å². The number of hydrogen-bond acceptors (Lipinski definition) is 4. The second kappa shape index (κ2) is 7.09. The van der Waals surface area contributed by atoms with Gasteiger partial charge in [-0.1, -0.05) is 12.8 Å². The van der Waals surface area contributed by atoms with E-state index in [2.05, 4.69) is 20.7 Å². The van der Waals surface area contributed by atoms with Crippen LogP contribution in [0.5, 0.6) is 0 Å². The Morgan fingerprint density at radius 2 is 1.95 bits per heavy atom. The van der Waals surface area contributed by atoms with Gasteiger partial charge >= 0.3 is 0 Å². The lowest BCUT2D eigenvalue weighted by Gasteiger charge is -2.30. The van der Waals surface area contributed by atoms with Crippen molar-refractivity contribution in [3.8, 4) is 0 Å². The smallest absolute Gasteiger partial charge is 0.240 e. The van der Waals surface area contributed by atoms with Crippen LogP contribution in [0.3, 0.4) is 0 Å². The first-order chi connectivity index (χ1) is 9.94. The molecule has 5 nitrogen and oxygen atoms in total. The topological polar surface area (TPSA) is 92.4 Å². The molecule has 2 unspecified atom stereocenters. The lowest BCUT2D eigenvalue weighted by atomic mass is 9.80. The van der Waals surface area contributed by atoms with E-state index in [4.69, 9.17) is 5.73 Å². The van der Waals surface area contributed by atoms with Crippen LogP contribution in [0.25, 0.3) is 0 Å². The molecule has 0 bridgehead atoms. The Kier molecular flexibility index (Phi) is 5.65. The van der Waals surface area contributed by atoms with E-state index in [-0.39, 0.29) is 23.3 Å². The molecule has 4 N–H and O–H groups in total. The van der Waals surface area contributed by atoms with Crippen LogP contribution in [0.4, 0.5) is 5.69 Å². The van der Waals surface area contributed by atoms with E-state index in [1.165, 1.54) is 12.1 Å². The van der Waals surface area contributed by atoms with Crippen molar-refractivity contribution in [1.82, 2.24) is 4.72 Å². The second-order valence-corrected chi connectivity index (χ2v) is 8.14. The number of anilines is 1. The van der Waals surface area contributed by atoms with E-state index >= 15 is 0 Å². The molecule has 21 heavy (non-hydrogen) atoms. The highest BCUT2D eigenvalue weighted by Crippen LogP contribution is 2.29. The van der Waals surface area contributed by atoms with E-state index in [0.717, 1.165) is 25.7 Å². The summed E-state index contributed by atoms with van der Waals surface area (Å²) in [6.07, 6.45) is 4.12. The summed E-state index contributed by atoms with van der Waals surface area (Å²) in [6, 6.07) is 4.59. The Bertz CT molecular complexity index is 592. The minimum absolute atomic E-state index is 0.123. The van der Waals surface area contributed by atoms with Gasteiger partial charge in [0.1, 0.15) is 0 Å². The molecule has 1 aromatic carbocycles. The maximum Gasteiger partial charge on any atom is 0.240 e. The van der Waals surface area contributed by atoms with Crippen molar-refractivity contribution in [1.29, 1.82) is 0 Å². The third-order valence-electron chi connectivity index (χ3n) is 4.11. The van der Waals surface area contributed by atoms with E-state index in [1.807, 2.05) is 0 Å². The van der Waals surface area contributed by atoms with Crippen molar-refractivity contribution in [3.05, 3.63) is 22.7 Å². The number of hydrogen-bond donors (Lipinski definition) is 3. The van der Waals surface area contributed by atoms with Gasteiger partial charge in [-0.15, -0.1) is 0 Å². The third-order valence-corrected chi connectivity index (χ3v) is 6.26. The molecule has 0 heterocycles. The zero-order chi connectivity index (χ0) is 15.5. The molecule has 118 valence electrons. The molecule has 1 saturated carbocycles. The monoisotopic (exact) mass is 376 g/mol. The average molecular weight is 377 g/mol. The van der Waals surface area contributed by atoms with Gasteiger partial charge in [0.15, 0.2) is 0 Å². The minimum atomic E-state index is -3.56. The van der Waals surface area contributed by atoms with Crippen molar-refractivity contribution in [2.24, 2.45) is 11.8 Å². The standard InChI is InChI=1S/C14H21BrN2O3S/c15-13-6-5-12(7-14(13)16)21(19,20)17-8-10-3-1-2-4-11(10)9-18/h5-7,10-11,17-18H,1-4,8-9,16H2. The first-order valence-electron chi connectivity index (χ1n) is 7.09. The Morgan fingerprint density at radius 1 is 1.29 bits per heavy atom. The van der Waals surface area contributed by atoms with Crippen molar-refractivity contribution >= 4 is 31.6 Å². The maximum atomic E-state index is 12.3. The number of rotatable bonds is 5. The summed E-state index contributed by atoms with van der Waals surface area (Å²) in [4.78, 5) is 0.166. The Morgan fingerprint density at radius 3 is 2.57 bits per heavy atom. The van der Waals surface area contributed by atoms with E-state index in [0.29, 0.717) is 16.7 Å². The second-order valence-electron chi connectivity index (χ2n) is 5.52. The summed E-state index contributed by atoms with van der Waals surface area (Å²) in [5, 5.41) is 9.38. The highest BCUT2D eigenvalue weighted by atomic mass is 79.9. The molecule has 1 aromatic rings. The fraction of sp³-hybridized carbons (Fsp3) is 0.571. The van der Waals surface area contributed by atoms with Crippen molar-refractivity contribution in [3.63, 3.8) is 0 Å². The predicted octanol–water partition coefficient (Wildman–Crippen LogP) is 2.11. The van der Waals surface area contributed by atoms with Crippen LogP contribution >= 0.6 is 15.9 Å². The maximum absolute atomic E-state index is 12.3. The predicted molar refractivity (Wildman–Crippen MR) is 86.3 cm³/mol. The largest absolute Gasteiger partial charge is 0.398 e. The van der Waals surface area contributed by atoms with E-state index < -0.39 is 10.0 Å². The van der Waals surface area contributed by atoms with E-state index in [1.54, 1.807) is 6.07 Å². The van der Waals surface area contributed by atoms with Crippen molar-refractivity contribution < 1.29 is 13.5 Å². The lowest BCUT2D eigenvalue weighted by Crippen LogP contribution is -2.35. The molecule has 2 rings (SSSR count). The molecule has 1 fully saturated rings. The fourth-order valence-corrected chi connectivity index (χ4v) is 4.16. The SMILES string of the molecule is Nc1cc(S(=O)(=O)NCC2CCCCC2CO)ccc1Br. The molecule has 0 spiro atoms. The third kappa shape index (κ3) is 4.18. The minimum Gasteiger partial charge on any atom is -0.398 e. The number of benzene rings is 1. The van der Waals surface area contributed by atoms with Gasteiger partial charge in [0.25, 0.3) is 0 Å².